The molecule has 1 radical (unpaired) electrons. The maximum atomic E-state index is 3.80. The first-order valence-electron chi connectivity index (χ1n) is 14.9. The summed E-state index contributed by atoms with van der Waals surface area (Å²) in [7, 11) is 0. The van der Waals surface area contributed by atoms with Crippen LogP contribution in [0.1, 0.15) is 152 Å². The van der Waals surface area contributed by atoms with E-state index in [2.05, 4.69) is 123 Å². The molecule has 0 aliphatic rings. The third-order valence-corrected chi connectivity index (χ3v) is 7.47. The first-order valence-corrected chi connectivity index (χ1v) is 14.9. The van der Waals surface area contributed by atoms with Crippen molar-refractivity contribution < 1.29 is 41.6 Å². The summed E-state index contributed by atoms with van der Waals surface area (Å²) in [5.41, 5.74) is 11.4. The van der Waals surface area contributed by atoms with E-state index in [0.717, 1.165) is 26.2 Å². The fourth-order valence-electron chi connectivity index (χ4n) is 5.00. The van der Waals surface area contributed by atoms with Gasteiger partial charge in [0.15, 0.2) is 0 Å². The topological polar surface area (TPSA) is 36.1 Å². The molecule has 0 aliphatic carbocycles. The van der Waals surface area contributed by atoms with E-state index in [9.17, 15) is 0 Å². The van der Waals surface area contributed by atoms with Crippen molar-refractivity contribution in [3.63, 3.8) is 0 Å². The number of hydrogen-bond acceptors (Lipinski definition) is 3. The van der Waals surface area contributed by atoms with Gasteiger partial charge >= 0.3 is 16.8 Å². The van der Waals surface area contributed by atoms with E-state index in [1.165, 1.54) is 44.8 Å². The zero-order valence-electron chi connectivity index (χ0n) is 27.2. The number of anilines is 2. The summed E-state index contributed by atoms with van der Waals surface area (Å²) in [6.45, 7) is 31.4. The minimum atomic E-state index is 0. The number of hydrogen-bond donors (Lipinski definition) is 3. The predicted molar refractivity (Wildman–Crippen MR) is 167 cm³/mol. The van der Waals surface area contributed by atoms with Gasteiger partial charge in [0.2, 0.25) is 0 Å². The average molecular weight is 638 g/mol. The Labute approximate surface area is 270 Å². The molecule has 2 rings (SSSR count). The van der Waals surface area contributed by atoms with Gasteiger partial charge in [0.05, 0.1) is 0 Å². The summed E-state index contributed by atoms with van der Waals surface area (Å²) in [5, 5.41) is 11.3. The van der Waals surface area contributed by atoms with Crippen LogP contribution < -0.4 is 40.8 Å². The van der Waals surface area contributed by atoms with Gasteiger partial charge < -0.3 is 40.8 Å². The number of rotatable bonds is 14. The zero-order valence-corrected chi connectivity index (χ0v) is 29.7. The second-order valence-electron chi connectivity index (χ2n) is 12.7. The summed E-state index contributed by atoms with van der Waals surface area (Å²) >= 11 is 0. The summed E-state index contributed by atoms with van der Waals surface area (Å²) in [4.78, 5) is 0. The van der Waals surface area contributed by atoms with Crippen LogP contribution >= 0.6 is 0 Å². The number of nitrogens with one attached hydrogen (secondary N) is 3. The molecule has 231 valence electrons. The molecule has 0 bridgehead atoms. The molecule has 2 aromatic rings. The minimum absolute atomic E-state index is 0. The van der Waals surface area contributed by atoms with Crippen LogP contribution in [0.25, 0.3) is 0 Å². The van der Waals surface area contributed by atoms with E-state index in [4.69, 9.17) is 0 Å². The van der Waals surface area contributed by atoms with Gasteiger partial charge in [-0.1, -0.05) is 107 Å². The van der Waals surface area contributed by atoms with Gasteiger partial charge in [-0.3, -0.25) is 0 Å². The van der Waals surface area contributed by atoms with Crippen molar-refractivity contribution in [3.8, 4) is 0 Å². The van der Waals surface area contributed by atoms with Gasteiger partial charge in [0, 0.05) is 37.6 Å². The Bertz CT molecular complexity index is 863. The van der Waals surface area contributed by atoms with Crippen molar-refractivity contribution in [2.45, 2.75) is 119 Å². The summed E-state index contributed by atoms with van der Waals surface area (Å²) in [6, 6.07) is 9.68. The third-order valence-electron chi connectivity index (χ3n) is 7.47. The second kappa shape index (κ2) is 19.3. The van der Waals surface area contributed by atoms with Crippen LogP contribution in [0.5, 0.6) is 0 Å². The molecule has 0 amide bonds. The normalized spacial score (nSPS) is 11.2. The van der Waals surface area contributed by atoms with Gasteiger partial charge in [-0.25, -0.2) is 0 Å². The Morgan fingerprint density at radius 2 is 0.675 bits per heavy atom. The SMILES string of the molecule is CC(C)c1cc(C(C)C)c(NCCNCCNc2c(C(C)C)cc(C(C)C)cc2C(C)C)c(C(C)C)c1.[Cl-].[Cl-].[Co+2]. The van der Waals surface area contributed by atoms with Gasteiger partial charge in [-0.15, -0.1) is 0 Å². The average Bonchev–Trinajstić information content (AvgIpc) is 2.81. The molecule has 40 heavy (non-hydrogen) atoms. The molecule has 0 spiro atoms. The van der Waals surface area contributed by atoms with Crippen molar-refractivity contribution in [2.24, 2.45) is 0 Å². The molecule has 3 nitrogen and oxygen atoms in total. The van der Waals surface area contributed by atoms with Crippen LogP contribution in [0, 0.1) is 0 Å². The molecule has 0 aliphatic heterocycles. The van der Waals surface area contributed by atoms with E-state index < -0.39 is 0 Å². The Balaban J connectivity index is 0. The molecule has 0 unspecified atom stereocenters. The summed E-state index contributed by atoms with van der Waals surface area (Å²) in [6.07, 6.45) is 0. The zero-order chi connectivity index (χ0) is 27.9. The van der Waals surface area contributed by atoms with Crippen LogP contribution in [0.4, 0.5) is 11.4 Å². The molecule has 3 N–H and O–H groups in total. The van der Waals surface area contributed by atoms with Gasteiger partial charge in [0.1, 0.15) is 0 Å². The van der Waals surface area contributed by atoms with Crippen LogP contribution in [0.2, 0.25) is 0 Å². The fraction of sp³-hybridized carbons (Fsp3) is 0.647. The molecule has 0 saturated heterocycles. The largest absolute Gasteiger partial charge is 2.00 e. The summed E-state index contributed by atoms with van der Waals surface area (Å²) < 4.78 is 0. The molecular formula is C34H57Cl2CoN3. The van der Waals surface area contributed by atoms with E-state index >= 15 is 0 Å². The van der Waals surface area contributed by atoms with Crippen LogP contribution in [0.3, 0.4) is 0 Å². The van der Waals surface area contributed by atoms with Crippen LogP contribution in [-0.2, 0) is 16.8 Å². The Morgan fingerprint density at radius 3 is 0.875 bits per heavy atom. The number of halogens is 2. The van der Waals surface area contributed by atoms with Crippen molar-refractivity contribution in [3.05, 3.63) is 57.6 Å². The van der Waals surface area contributed by atoms with E-state index in [0.29, 0.717) is 35.5 Å². The summed E-state index contributed by atoms with van der Waals surface area (Å²) in [5.74, 6) is 3.11. The monoisotopic (exact) mass is 636 g/mol. The molecule has 6 heteroatoms. The molecular weight excluding hydrogens is 580 g/mol. The standard InChI is InChI=1S/C34H57N3.2ClH.Co/c1-21(2)27-17-29(23(5)6)33(30(18-27)24(7)8)36-15-13-35-14-16-37-34-31(25(9)10)19-28(22(3)4)20-32(34)26(11)12;;;/h17-26,35-37H,13-16H2,1-12H3;2*1H;/q;;;+2/p-2. The number of benzene rings is 2. The quantitative estimate of drug-likeness (QED) is 0.278. The molecule has 0 aromatic heterocycles. The van der Waals surface area contributed by atoms with Crippen molar-refractivity contribution in [1.29, 1.82) is 0 Å². The van der Waals surface area contributed by atoms with Gasteiger partial charge in [0.25, 0.3) is 0 Å². The van der Waals surface area contributed by atoms with E-state index in [-0.39, 0.29) is 41.6 Å². The maximum absolute atomic E-state index is 3.80. The fourth-order valence-corrected chi connectivity index (χ4v) is 5.00. The van der Waals surface area contributed by atoms with E-state index in [1.54, 1.807) is 0 Å². The molecule has 0 saturated carbocycles. The van der Waals surface area contributed by atoms with Crippen LogP contribution in [-0.4, -0.2) is 26.2 Å². The van der Waals surface area contributed by atoms with Crippen LogP contribution in [0.15, 0.2) is 24.3 Å². The van der Waals surface area contributed by atoms with Crippen molar-refractivity contribution in [1.82, 2.24) is 5.32 Å². The first-order chi connectivity index (χ1) is 17.3. The third kappa shape index (κ3) is 11.4. The molecule has 0 atom stereocenters. The second-order valence-corrected chi connectivity index (χ2v) is 12.7. The minimum Gasteiger partial charge on any atom is -1.00 e. The molecule has 0 heterocycles. The Morgan fingerprint density at radius 1 is 0.425 bits per heavy atom. The smallest absolute Gasteiger partial charge is 1.00 e. The predicted octanol–water partition coefficient (Wildman–Crippen LogP) is 3.55. The van der Waals surface area contributed by atoms with Gasteiger partial charge in [-0.2, -0.15) is 0 Å². The maximum Gasteiger partial charge on any atom is 2.00 e. The van der Waals surface area contributed by atoms with Crippen molar-refractivity contribution >= 4 is 11.4 Å². The van der Waals surface area contributed by atoms with E-state index in [1.807, 2.05) is 0 Å². The Hall–Kier alpha value is -0.914. The first kappa shape index (κ1) is 41.2. The Kier molecular flexibility index (Phi) is 19.9. The molecule has 2 aromatic carbocycles. The van der Waals surface area contributed by atoms with Gasteiger partial charge in [-0.05, 0) is 68.9 Å². The van der Waals surface area contributed by atoms with Crippen molar-refractivity contribution in [2.75, 3.05) is 36.8 Å². The molecule has 0 fully saturated rings.